The van der Waals surface area contributed by atoms with Crippen molar-refractivity contribution >= 4 is 45.3 Å². The van der Waals surface area contributed by atoms with E-state index in [9.17, 15) is 4.79 Å². The summed E-state index contributed by atoms with van der Waals surface area (Å²) in [7, 11) is 0. The minimum absolute atomic E-state index is 0.133. The van der Waals surface area contributed by atoms with Gasteiger partial charge in [-0.25, -0.2) is 5.43 Å². The van der Waals surface area contributed by atoms with Gasteiger partial charge in [0.25, 0.3) is 5.91 Å². The highest BCUT2D eigenvalue weighted by molar-refractivity contribution is 9.10. The summed E-state index contributed by atoms with van der Waals surface area (Å²) >= 11 is 9.49. The molecule has 0 aliphatic rings. The van der Waals surface area contributed by atoms with E-state index in [-0.39, 0.29) is 12.5 Å². The number of benzene rings is 3. The van der Waals surface area contributed by atoms with Crippen molar-refractivity contribution < 1.29 is 9.53 Å². The maximum absolute atomic E-state index is 11.8. The first-order chi connectivity index (χ1) is 14.1. The van der Waals surface area contributed by atoms with Crippen LogP contribution < -0.4 is 15.5 Å². The third-order valence-corrected chi connectivity index (χ3v) is 4.83. The Morgan fingerprint density at radius 3 is 2.48 bits per heavy atom. The first kappa shape index (κ1) is 20.9. The Morgan fingerprint density at radius 2 is 1.76 bits per heavy atom. The van der Waals surface area contributed by atoms with Crippen molar-refractivity contribution in [2.75, 3.05) is 11.9 Å². The molecule has 7 heteroatoms. The van der Waals surface area contributed by atoms with Crippen LogP contribution in [0.4, 0.5) is 5.69 Å². The van der Waals surface area contributed by atoms with E-state index in [4.69, 9.17) is 16.3 Å². The molecule has 5 nitrogen and oxygen atoms in total. The average molecular weight is 473 g/mol. The van der Waals surface area contributed by atoms with Crippen molar-refractivity contribution in [1.29, 1.82) is 0 Å². The molecule has 0 aliphatic carbocycles. The molecule has 2 N–H and O–H groups in total. The third-order valence-electron chi connectivity index (χ3n) is 3.93. The molecule has 0 saturated carbocycles. The van der Waals surface area contributed by atoms with Crippen LogP contribution in [-0.2, 0) is 11.4 Å². The van der Waals surface area contributed by atoms with E-state index in [0.29, 0.717) is 11.6 Å². The van der Waals surface area contributed by atoms with Gasteiger partial charge in [-0.05, 0) is 60.2 Å². The number of amides is 1. The van der Waals surface area contributed by atoms with Crippen LogP contribution >= 0.6 is 27.5 Å². The Kier molecular flexibility index (Phi) is 7.67. The summed E-state index contributed by atoms with van der Waals surface area (Å²) < 4.78 is 6.73. The highest BCUT2D eigenvalue weighted by atomic mass is 79.9. The Labute approximate surface area is 182 Å². The lowest BCUT2D eigenvalue weighted by atomic mass is 10.2. The highest BCUT2D eigenvalue weighted by Crippen LogP contribution is 2.18. The molecule has 0 aliphatic heterocycles. The maximum Gasteiger partial charge on any atom is 0.259 e. The lowest BCUT2D eigenvalue weighted by molar-refractivity contribution is -0.119. The van der Waals surface area contributed by atoms with Gasteiger partial charge in [0.05, 0.1) is 12.8 Å². The number of halogens is 2. The number of rotatable bonds is 8. The molecule has 0 bridgehead atoms. The molecule has 3 rings (SSSR count). The first-order valence-corrected chi connectivity index (χ1v) is 10.0. The van der Waals surface area contributed by atoms with E-state index in [1.165, 1.54) is 0 Å². The molecule has 1 amide bonds. The molecule has 3 aromatic rings. The molecule has 0 atom stereocenters. The number of nitrogens with zero attached hydrogens (tertiary/aromatic N) is 1. The van der Waals surface area contributed by atoms with Gasteiger partial charge in [0.15, 0.2) is 0 Å². The Morgan fingerprint density at radius 1 is 1.03 bits per heavy atom. The number of carbonyl (C=O) groups is 1. The van der Waals surface area contributed by atoms with Crippen molar-refractivity contribution in [1.82, 2.24) is 5.43 Å². The number of nitrogens with one attached hydrogen (secondary N) is 2. The Bertz CT molecular complexity index is 976. The minimum Gasteiger partial charge on any atom is -0.489 e. The second-order valence-electron chi connectivity index (χ2n) is 6.10. The predicted octanol–water partition coefficient (Wildman–Crippen LogP) is 5.24. The van der Waals surface area contributed by atoms with Crippen LogP contribution in [0.1, 0.15) is 11.1 Å². The van der Waals surface area contributed by atoms with Crippen LogP contribution in [0.15, 0.2) is 82.4 Å². The number of hydrogen-bond donors (Lipinski definition) is 2. The minimum atomic E-state index is -0.233. The largest absolute Gasteiger partial charge is 0.489 e. The molecule has 148 valence electrons. The van der Waals surface area contributed by atoms with Crippen LogP contribution in [0.25, 0.3) is 0 Å². The number of hydrogen-bond acceptors (Lipinski definition) is 4. The van der Waals surface area contributed by atoms with Crippen molar-refractivity contribution in [3.63, 3.8) is 0 Å². The monoisotopic (exact) mass is 471 g/mol. The molecule has 0 unspecified atom stereocenters. The van der Waals surface area contributed by atoms with Crippen molar-refractivity contribution in [3.8, 4) is 5.75 Å². The topological polar surface area (TPSA) is 62.7 Å². The van der Waals surface area contributed by atoms with Crippen LogP contribution in [0.3, 0.4) is 0 Å². The fourth-order valence-corrected chi connectivity index (χ4v) is 2.85. The zero-order chi connectivity index (χ0) is 20.5. The lowest BCUT2D eigenvalue weighted by Gasteiger charge is -2.08. The van der Waals surface area contributed by atoms with E-state index < -0.39 is 0 Å². The summed E-state index contributed by atoms with van der Waals surface area (Å²) in [4.78, 5) is 11.8. The van der Waals surface area contributed by atoms with E-state index in [1.807, 2.05) is 72.8 Å². The molecule has 3 aromatic carbocycles. The van der Waals surface area contributed by atoms with E-state index in [1.54, 1.807) is 6.21 Å². The van der Waals surface area contributed by atoms with Gasteiger partial charge in [-0.1, -0.05) is 45.7 Å². The van der Waals surface area contributed by atoms with E-state index in [2.05, 4.69) is 31.8 Å². The summed E-state index contributed by atoms with van der Waals surface area (Å²) in [5.74, 6) is 0.494. The Balaban J connectivity index is 1.42. The molecular weight excluding hydrogens is 454 g/mol. The fraction of sp³-hybridized carbons (Fsp3) is 0.0909. The van der Waals surface area contributed by atoms with Gasteiger partial charge in [-0.15, -0.1) is 0 Å². The molecule has 0 saturated heterocycles. The average Bonchev–Trinajstić information content (AvgIpc) is 2.74. The summed E-state index contributed by atoms with van der Waals surface area (Å²) in [6.45, 7) is 0.530. The SMILES string of the molecule is O=C(CNc1ccc(Br)cc1)N/N=C\c1ccc(OCc2ccccc2Cl)cc1. The smallest absolute Gasteiger partial charge is 0.259 e. The molecule has 0 heterocycles. The molecule has 0 spiro atoms. The highest BCUT2D eigenvalue weighted by Gasteiger charge is 2.01. The maximum atomic E-state index is 11.8. The van der Waals surface area contributed by atoms with Gasteiger partial charge in [0, 0.05) is 20.7 Å². The zero-order valence-electron chi connectivity index (χ0n) is 15.4. The van der Waals surface area contributed by atoms with Gasteiger partial charge < -0.3 is 10.1 Å². The van der Waals surface area contributed by atoms with Gasteiger partial charge in [0.1, 0.15) is 12.4 Å². The fourth-order valence-electron chi connectivity index (χ4n) is 2.40. The van der Waals surface area contributed by atoms with E-state index >= 15 is 0 Å². The van der Waals surface area contributed by atoms with Gasteiger partial charge in [-0.3, -0.25) is 4.79 Å². The summed E-state index contributed by atoms with van der Waals surface area (Å²) in [6.07, 6.45) is 1.58. The summed E-state index contributed by atoms with van der Waals surface area (Å²) in [5, 5.41) is 7.68. The second-order valence-corrected chi connectivity index (χ2v) is 7.43. The molecule has 0 radical (unpaired) electrons. The van der Waals surface area contributed by atoms with Crippen LogP contribution in [-0.4, -0.2) is 18.7 Å². The number of anilines is 1. The number of carbonyl (C=O) groups excluding carboxylic acids is 1. The van der Waals surface area contributed by atoms with Crippen LogP contribution in [0, 0.1) is 0 Å². The summed E-state index contributed by atoms with van der Waals surface area (Å²) in [5.41, 5.74) is 5.13. The Hall–Kier alpha value is -2.83. The van der Waals surface area contributed by atoms with E-state index in [0.717, 1.165) is 27.0 Å². The third kappa shape index (κ3) is 6.93. The van der Waals surface area contributed by atoms with Crippen molar-refractivity contribution in [2.24, 2.45) is 5.10 Å². The van der Waals surface area contributed by atoms with Crippen molar-refractivity contribution in [3.05, 3.63) is 93.4 Å². The van der Waals surface area contributed by atoms with Gasteiger partial charge in [-0.2, -0.15) is 5.10 Å². The second kappa shape index (κ2) is 10.6. The lowest BCUT2D eigenvalue weighted by Crippen LogP contribution is -2.25. The van der Waals surface area contributed by atoms with Crippen LogP contribution in [0.5, 0.6) is 5.75 Å². The molecule has 0 fully saturated rings. The van der Waals surface area contributed by atoms with Crippen molar-refractivity contribution in [2.45, 2.75) is 6.61 Å². The zero-order valence-corrected chi connectivity index (χ0v) is 17.8. The molecular formula is C22H19BrClN3O2. The molecule has 0 aromatic heterocycles. The van der Waals surface area contributed by atoms with Gasteiger partial charge in [0.2, 0.25) is 0 Å². The summed E-state index contributed by atoms with van der Waals surface area (Å²) in [6, 6.07) is 22.6. The molecule has 29 heavy (non-hydrogen) atoms. The standard InChI is InChI=1S/C22H19BrClN3O2/c23-18-7-9-19(10-8-18)25-14-22(28)27-26-13-16-5-11-20(12-6-16)29-15-17-3-1-2-4-21(17)24/h1-13,25H,14-15H2,(H,27,28)/b26-13-. The first-order valence-electron chi connectivity index (χ1n) is 8.88. The van der Waals surface area contributed by atoms with Crippen LogP contribution in [0.2, 0.25) is 5.02 Å². The predicted molar refractivity (Wildman–Crippen MR) is 121 cm³/mol. The number of ether oxygens (including phenoxy) is 1. The normalized spacial score (nSPS) is 10.7. The number of hydrazone groups is 1. The quantitative estimate of drug-likeness (QED) is 0.348. The van der Waals surface area contributed by atoms with Gasteiger partial charge >= 0.3 is 0 Å².